The van der Waals surface area contributed by atoms with Gasteiger partial charge in [0.05, 0.1) is 52.9 Å². The Hall–Kier alpha value is -4.07. The number of hydrogen-bond donors (Lipinski definition) is 7. The molecule has 7 amide bonds. The van der Waals surface area contributed by atoms with Crippen LogP contribution in [-0.4, -0.2) is 145 Å². The fourth-order valence-electron chi connectivity index (χ4n) is 9.00. The Morgan fingerprint density at radius 1 is 0.344 bits per heavy atom. The molecule has 0 aliphatic heterocycles. The summed E-state index contributed by atoms with van der Waals surface area (Å²) in [7, 11) is 0. The van der Waals surface area contributed by atoms with Gasteiger partial charge in [-0.15, -0.1) is 0 Å². The lowest BCUT2D eigenvalue weighted by molar-refractivity contribution is -0.131. The van der Waals surface area contributed by atoms with Gasteiger partial charge in [-0.25, -0.2) is 4.79 Å². The number of ether oxygens (including phenoxy) is 5. The highest BCUT2D eigenvalue weighted by Gasteiger charge is 2.34. The van der Waals surface area contributed by atoms with Crippen molar-refractivity contribution in [3.05, 3.63) is 0 Å². The van der Waals surface area contributed by atoms with E-state index in [0.29, 0.717) is 72.4 Å². The van der Waals surface area contributed by atoms with Crippen molar-refractivity contribution >= 4 is 41.5 Å². The summed E-state index contributed by atoms with van der Waals surface area (Å²) in [6.07, 6.45) is 3.27. The molecule has 0 rings (SSSR count). The quantitative estimate of drug-likeness (QED) is 0.0301. The second kappa shape index (κ2) is 36.0. The second-order valence-electron chi connectivity index (χ2n) is 36.8. The van der Waals surface area contributed by atoms with Crippen LogP contribution in [0, 0.1) is 65.5 Å². The number of amides is 7. The third kappa shape index (κ3) is 43.7. The van der Waals surface area contributed by atoms with Crippen LogP contribution in [0.25, 0.3) is 0 Å². The van der Waals surface area contributed by atoms with E-state index in [2.05, 4.69) is 106 Å². The van der Waals surface area contributed by atoms with E-state index in [1.807, 2.05) is 104 Å². The molecular weight excluding hydrogens is 1140 g/mol. The molecule has 90 heavy (non-hydrogen) atoms. The summed E-state index contributed by atoms with van der Waals surface area (Å²) >= 11 is 0. The second-order valence-corrected chi connectivity index (χ2v) is 36.8. The summed E-state index contributed by atoms with van der Waals surface area (Å²) in [5, 5.41) is 21.0. The summed E-state index contributed by atoms with van der Waals surface area (Å²) in [5.41, 5.74) is -4.11. The smallest absolute Gasteiger partial charge is 0.408 e. The van der Waals surface area contributed by atoms with Crippen LogP contribution in [0.3, 0.4) is 0 Å². The van der Waals surface area contributed by atoms with Crippen LogP contribution in [-0.2, 0) is 52.5 Å². The van der Waals surface area contributed by atoms with Gasteiger partial charge in [-0.2, -0.15) is 0 Å². The average Bonchev–Trinajstić information content (AvgIpc) is 2.18. The maximum atomic E-state index is 13.7. The molecule has 0 aromatic heterocycles. The highest BCUT2D eigenvalue weighted by molar-refractivity contribution is 5.87. The van der Waals surface area contributed by atoms with E-state index in [1.165, 1.54) is 0 Å². The molecule has 0 bridgehead atoms. The molecule has 0 saturated carbocycles. The van der Waals surface area contributed by atoms with E-state index >= 15 is 0 Å². The summed E-state index contributed by atoms with van der Waals surface area (Å²) < 4.78 is 30.1. The first-order valence-corrected chi connectivity index (χ1v) is 33.3. The standard InChI is InChI=1S/C71H137N7O12/c1-51(31-32-60(2,3)4)56(82)75-40-68(21,22)49-88-46-66(17,18)38-73-54(80)35-63(11,12)43-86-45-65(15,16)37-72-53(79)30-29-52(78-59(85)90-62(8,9)10)57(83)76-41-69(23,24)48-87-44-64(13,14)36-55(81)74-39-67(19,20)47-89-50-70(25,26)42-77-58(84)71(27,28)34-33-61(5,6)7/h51-52H,29-50H2,1-28H3,(H,72,79)(H,73,80)(H,74,81)(H,75,82)(H,76,83)(H,77,84)(H,78,85)/t51?,52-/m0/s1. The monoisotopic (exact) mass is 1280 g/mol. The molecule has 0 radical (unpaired) electrons. The Labute approximate surface area is 548 Å². The molecule has 528 valence electrons. The predicted octanol–water partition coefficient (Wildman–Crippen LogP) is 11.7. The van der Waals surface area contributed by atoms with Crippen molar-refractivity contribution in [3.8, 4) is 0 Å². The lowest BCUT2D eigenvalue weighted by Crippen LogP contribution is -2.50. The van der Waals surface area contributed by atoms with E-state index in [1.54, 1.807) is 20.8 Å². The summed E-state index contributed by atoms with van der Waals surface area (Å²) in [6.45, 7) is 61.8. The maximum absolute atomic E-state index is 13.7. The first-order chi connectivity index (χ1) is 40.4. The zero-order chi connectivity index (χ0) is 70.2. The minimum atomic E-state index is -1.07. The van der Waals surface area contributed by atoms with Gasteiger partial charge in [-0.05, 0) is 74.5 Å². The number of hydrogen-bond acceptors (Lipinski definition) is 12. The Morgan fingerprint density at radius 2 is 0.656 bits per heavy atom. The van der Waals surface area contributed by atoms with Gasteiger partial charge in [-0.3, -0.25) is 28.8 Å². The topological polar surface area (TPSA) is 250 Å². The van der Waals surface area contributed by atoms with E-state index in [0.717, 1.165) is 25.7 Å². The number of carbonyl (C=O) groups excluding carboxylic acids is 7. The molecule has 19 nitrogen and oxygen atoms in total. The highest BCUT2D eigenvalue weighted by atomic mass is 16.6. The molecule has 0 aliphatic carbocycles. The van der Waals surface area contributed by atoms with Crippen molar-refractivity contribution in [1.82, 2.24) is 37.2 Å². The predicted molar refractivity (Wildman–Crippen MR) is 364 cm³/mol. The molecule has 0 fully saturated rings. The van der Waals surface area contributed by atoms with Gasteiger partial charge in [0.2, 0.25) is 35.4 Å². The van der Waals surface area contributed by atoms with E-state index in [4.69, 9.17) is 23.7 Å². The summed E-state index contributed by atoms with van der Waals surface area (Å²) in [6, 6.07) is -1.07. The minimum absolute atomic E-state index is 0.0125. The molecule has 0 spiro atoms. The molecule has 0 heterocycles. The van der Waals surface area contributed by atoms with Gasteiger partial charge in [0.15, 0.2) is 0 Å². The maximum Gasteiger partial charge on any atom is 0.408 e. The molecule has 19 heteroatoms. The first kappa shape index (κ1) is 85.9. The lowest BCUT2D eigenvalue weighted by Gasteiger charge is -2.32. The number of rotatable bonds is 43. The van der Waals surface area contributed by atoms with Crippen LogP contribution in [0.1, 0.15) is 245 Å². The van der Waals surface area contributed by atoms with Crippen LogP contribution in [0.2, 0.25) is 0 Å². The number of nitrogens with one attached hydrogen (secondary N) is 7. The van der Waals surface area contributed by atoms with E-state index < -0.39 is 50.7 Å². The average molecular weight is 1280 g/mol. The van der Waals surface area contributed by atoms with Crippen molar-refractivity contribution in [2.75, 3.05) is 92.1 Å². The van der Waals surface area contributed by atoms with Gasteiger partial charge in [0, 0.05) is 102 Å². The summed E-state index contributed by atoms with van der Waals surface area (Å²) in [5.74, 6) is -0.893. The van der Waals surface area contributed by atoms with Crippen LogP contribution in [0.5, 0.6) is 0 Å². The zero-order valence-electron chi connectivity index (χ0n) is 62.6. The zero-order valence-corrected chi connectivity index (χ0v) is 62.6. The van der Waals surface area contributed by atoms with Gasteiger partial charge in [0.1, 0.15) is 11.6 Å². The van der Waals surface area contributed by atoms with Crippen molar-refractivity contribution in [2.45, 2.75) is 257 Å². The molecular formula is C71H137N7O12. The van der Waals surface area contributed by atoms with Crippen LogP contribution in [0.15, 0.2) is 0 Å². The van der Waals surface area contributed by atoms with Gasteiger partial charge < -0.3 is 60.9 Å². The van der Waals surface area contributed by atoms with Crippen LogP contribution < -0.4 is 37.2 Å². The van der Waals surface area contributed by atoms with Crippen LogP contribution >= 0.6 is 0 Å². The fourth-order valence-corrected chi connectivity index (χ4v) is 9.00. The van der Waals surface area contributed by atoms with E-state index in [9.17, 15) is 33.6 Å². The van der Waals surface area contributed by atoms with Crippen molar-refractivity contribution in [1.29, 1.82) is 0 Å². The SMILES string of the molecule is CC(CCC(C)(C)C)C(=O)NCC(C)(C)COCC(C)(C)CNC(=O)CC(C)(C)COCC(C)(C)CNC(=O)CC[C@H](NC(=O)OC(C)(C)C)C(=O)NCC(C)(C)COCC(C)(C)CC(=O)NCC(C)(C)COCC(C)(C)CNC(=O)C(C)(C)CCC(C)(C)C. The number of carbonyl (C=O) groups is 7. The fraction of sp³-hybridized carbons (Fsp3) is 0.901. The molecule has 2 atom stereocenters. The first-order valence-electron chi connectivity index (χ1n) is 33.3. The third-order valence-corrected chi connectivity index (χ3v) is 15.3. The van der Waals surface area contributed by atoms with Gasteiger partial charge in [0.25, 0.3) is 0 Å². The molecule has 0 aromatic rings. The molecule has 1 unspecified atom stereocenters. The highest BCUT2D eigenvalue weighted by Crippen LogP contribution is 2.32. The van der Waals surface area contributed by atoms with Crippen molar-refractivity contribution in [3.63, 3.8) is 0 Å². The Balaban J connectivity index is 5.11. The van der Waals surface area contributed by atoms with Gasteiger partial charge >= 0.3 is 6.09 Å². The Bertz CT molecular complexity index is 2230. The molecule has 0 aliphatic rings. The van der Waals surface area contributed by atoms with Gasteiger partial charge in [-0.1, -0.05) is 173 Å². The largest absolute Gasteiger partial charge is 0.444 e. The molecule has 7 N–H and O–H groups in total. The normalized spacial score (nSPS) is 14.3. The summed E-state index contributed by atoms with van der Waals surface area (Å²) in [4.78, 5) is 92.2. The van der Waals surface area contributed by atoms with Crippen molar-refractivity contribution in [2.24, 2.45) is 65.5 Å². The Kier molecular flexibility index (Phi) is 34.4. The minimum Gasteiger partial charge on any atom is -0.444 e. The lowest BCUT2D eigenvalue weighted by atomic mass is 9.79. The third-order valence-electron chi connectivity index (χ3n) is 15.3. The van der Waals surface area contributed by atoms with E-state index in [-0.39, 0.29) is 113 Å². The molecule has 0 saturated heterocycles. The van der Waals surface area contributed by atoms with Crippen LogP contribution in [0.4, 0.5) is 4.79 Å². The Morgan fingerprint density at radius 3 is 1.00 bits per heavy atom. The molecule has 0 aromatic carbocycles. The van der Waals surface area contributed by atoms with Crippen molar-refractivity contribution < 1.29 is 57.2 Å². The number of alkyl carbamates (subject to hydrolysis) is 1.